The van der Waals surface area contributed by atoms with Crippen LogP contribution in [0.2, 0.25) is 0 Å². The maximum atomic E-state index is 13.4. The molecule has 5 nitrogen and oxygen atoms in total. The number of fused-ring (bicyclic) bond motifs is 1. The smallest absolute Gasteiger partial charge is 0.266 e. The Labute approximate surface area is 168 Å². The van der Waals surface area contributed by atoms with Crippen molar-refractivity contribution in [3.8, 4) is 5.69 Å². The largest absolute Gasteiger partial charge is 0.352 e. The lowest BCUT2D eigenvalue weighted by Gasteiger charge is -2.18. The van der Waals surface area contributed by atoms with Crippen molar-refractivity contribution in [1.29, 1.82) is 0 Å². The molecule has 3 aromatic rings. The summed E-state index contributed by atoms with van der Waals surface area (Å²) in [7, 11) is 0. The molecule has 1 aliphatic rings. The first-order valence-electron chi connectivity index (χ1n) is 9.65. The lowest BCUT2D eigenvalue weighted by molar-refractivity contribution is -0.120. The summed E-state index contributed by atoms with van der Waals surface area (Å²) in [5.41, 5.74) is 2.43. The molecule has 0 aliphatic heterocycles. The fourth-order valence-corrected chi connectivity index (χ4v) is 4.12. The van der Waals surface area contributed by atoms with Crippen molar-refractivity contribution in [2.75, 3.05) is 0 Å². The zero-order chi connectivity index (χ0) is 19.7. The summed E-state index contributed by atoms with van der Waals surface area (Å²) in [6.45, 7) is 3.93. The SMILES string of the molecule is CCc1ccccc1-n1c(S[C@@H](C)C(=O)NC2CC2)nc2ccccc2c1=O. The van der Waals surface area contributed by atoms with Gasteiger partial charge in [-0.05, 0) is 49.9 Å². The molecule has 1 fully saturated rings. The van der Waals surface area contributed by atoms with Gasteiger partial charge in [-0.15, -0.1) is 0 Å². The van der Waals surface area contributed by atoms with Crippen LogP contribution in [0.1, 0.15) is 32.3 Å². The van der Waals surface area contributed by atoms with Gasteiger partial charge in [0.1, 0.15) is 0 Å². The minimum atomic E-state index is -0.339. The van der Waals surface area contributed by atoms with E-state index in [4.69, 9.17) is 4.98 Å². The van der Waals surface area contributed by atoms with Gasteiger partial charge in [0.05, 0.1) is 21.8 Å². The van der Waals surface area contributed by atoms with Crippen molar-refractivity contribution in [2.24, 2.45) is 0 Å². The van der Waals surface area contributed by atoms with E-state index in [9.17, 15) is 9.59 Å². The highest BCUT2D eigenvalue weighted by Crippen LogP contribution is 2.27. The van der Waals surface area contributed by atoms with Crippen LogP contribution >= 0.6 is 11.8 Å². The van der Waals surface area contributed by atoms with Gasteiger partial charge in [-0.1, -0.05) is 49.0 Å². The Kier molecular flexibility index (Phi) is 5.22. The molecule has 4 rings (SSSR count). The number of hydrogen-bond donors (Lipinski definition) is 1. The molecular formula is C22H23N3O2S. The van der Waals surface area contributed by atoms with Crippen molar-refractivity contribution in [1.82, 2.24) is 14.9 Å². The number of para-hydroxylation sites is 2. The summed E-state index contributed by atoms with van der Waals surface area (Å²) < 4.78 is 1.66. The molecule has 2 aromatic carbocycles. The third kappa shape index (κ3) is 3.69. The number of aryl methyl sites for hydroxylation is 1. The number of benzene rings is 2. The summed E-state index contributed by atoms with van der Waals surface area (Å²) >= 11 is 1.33. The number of nitrogens with one attached hydrogen (secondary N) is 1. The first-order valence-corrected chi connectivity index (χ1v) is 10.5. The molecule has 1 saturated carbocycles. The zero-order valence-electron chi connectivity index (χ0n) is 16.0. The first-order chi connectivity index (χ1) is 13.6. The van der Waals surface area contributed by atoms with Crippen LogP contribution in [-0.4, -0.2) is 26.8 Å². The van der Waals surface area contributed by atoms with Crippen LogP contribution in [0.25, 0.3) is 16.6 Å². The van der Waals surface area contributed by atoms with Gasteiger partial charge in [-0.2, -0.15) is 0 Å². The Morgan fingerprint density at radius 2 is 1.93 bits per heavy atom. The Hall–Kier alpha value is -2.60. The fraction of sp³-hybridized carbons (Fsp3) is 0.318. The van der Waals surface area contributed by atoms with Crippen LogP contribution in [0, 0.1) is 0 Å². The second-order valence-electron chi connectivity index (χ2n) is 7.08. The van der Waals surface area contributed by atoms with Gasteiger partial charge in [-0.25, -0.2) is 4.98 Å². The quantitative estimate of drug-likeness (QED) is 0.512. The summed E-state index contributed by atoms with van der Waals surface area (Å²) in [4.78, 5) is 30.6. The molecular weight excluding hydrogens is 370 g/mol. The van der Waals surface area contributed by atoms with Crippen LogP contribution < -0.4 is 10.9 Å². The molecule has 1 aromatic heterocycles. The molecule has 0 radical (unpaired) electrons. The van der Waals surface area contributed by atoms with Crippen molar-refractivity contribution in [2.45, 2.75) is 49.6 Å². The van der Waals surface area contributed by atoms with Gasteiger partial charge in [0.25, 0.3) is 5.56 Å². The van der Waals surface area contributed by atoms with Gasteiger partial charge in [-0.3, -0.25) is 14.2 Å². The molecule has 144 valence electrons. The van der Waals surface area contributed by atoms with Crippen LogP contribution in [0.5, 0.6) is 0 Å². The predicted molar refractivity (Wildman–Crippen MR) is 113 cm³/mol. The molecule has 28 heavy (non-hydrogen) atoms. The average molecular weight is 394 g/mol. The standard InChI is InChI=1S/C22H23N3O2S/c1-3-15-8-4-7-11-19(15)25-21(27)17-9-5-6-10-18(17)24-22(25)28-14(2)20(26)23-16-12-13-16/h4-11,14,16H,3,12-13H2,1-2H3,(H,23,26)/t14-/m0/s1. The van der Waals surface area contributed by atoms with Crippen LogP contribution in [0.4, 0.5) is 0 Å². The summed E-state index contributed by atoms with van der Waals surface area (Å²) in [6.07, 6.45) is 2.90. The molecule has 1 amide bonds. The number of thioether (sulfide) groups is 1. The molecule has 0 bridgehead atoms. The normalized spacial score (nSPS) is 14.8. The molecule has 1 aliphatic carbocycles. The first kappa shape index (κ1) is 18.7. The van der Waals surface area contributed by atoms with E-state index >= 15 is 0 Å². The second kappa shape index (κ2) is 7.80. The number of aromatic nitrogens is 2. The Morgan fingerprint density at radius 1 is 1.21 bits per heavy atom. The van der Waals surface area contributed by atoms with E-state index in [0.29, 0.717) is 22.1 Å². The minimum Gasteiger partial charge on any atom is -0.352 e. The lowest BCUT2D eigenvalue weighted by atomic mass is 10.1. The Balaban J connectivity index is 1.83. The highest BCUT2D eigenvalue weighted by molar-refractivity contribution is 8.00. The maximum absolute atomic E-state index is 13.4. The molecule has 1 atom stereocenters. The molecule has 0 spiro atoms. The van der Waals surface area contributed by atoms with Gasteiger partial charge >= 0.3 is 0 Å². The highest BCUT2D eigenvalue weighted by atomic mass is 32.2. The van der Waals surface area contributed by atoms with Crippen LogP contribution in [0.3, 0.4) is 0 Å². The van der Waals surface area contributed by atoms with Gasteiger partial charge in [0.2, 0.25) is 5.91 Å². The Bertz CT molecular complexity index is 1090. The number of hydrogen-bond acceptors (Lipinski definition) is 4. The van der Waals surface area contributed by atoms with Crippen LogP contribution in [-0.2, 0) is 11.2 Å². The second-order valence-corrected chi connectivity index (χ2v) is 8.39. The molecule has 6 heteroatoms. The third-order valence-electron chi connectivity index (χ3n) is 4.93. The van der Waals surface area contributed by atoms with Crippen molar-refractivity contribution < 1.29 is 4.79 Å². The van der Waals surface area contributed by atoms with Gasteiger partial charge in [0, 0.05) is 6.04 Å². The Morgan fingerprint density at radius 3 is 2.68 bits per heavy atom. The predicted octanol–water partition coefficient (Wildman–Crippen LogP) is 3.71. The number of rotatable bonds is 6. The fourth-order valence-electron chi connectivity index (χ4n) is 3.19. The van der Waals surface area contributed by atoms with E-state index in [-0.39, 0.29) is 16.7 Å². The van der Waals surface area contributed by atoms with E-state index in [2.05, 4.69) is 12.2 Å². The zero-order valence-corrected chi connectivity index (χ0v) is 16.8. The van der Waals surface area contributed by atoms with E-state index < -0.39 is 0 Å². The summed E-state index contributed by atoms with van der Waals surface area (Å²) in [6, 6.07) is 15.5. The van der Waals surface area contributed by atoms with E-state index in [1.54, 1.807) is 10.6 Å². The number of carbonyl (C=O) groups is 1. The third-order valence-corrected chi connectivity index (χ3v) is 5.99. The van der Waals surface area contributed by atoms with Crippen molar-refractivity contribution in [3.63, 3.8) is 0 Å². The summed E-state index contributed by atoms with van der Waals surface area (Å²) in [5.74, 6) is -0.00904. The van der Waals surface area contributed by atoms with Crippen LogP contribution in [0.15, 0.2) is 58.5 Å². The average Bonchev–Trinajstić information content (AvgIpc) is 3.52. The monoisotopic (exact) mass is 393 g/mol. The number of amides is 1. The highest BCUT2D eigenvalue weighted by Gasteiger charge is 2.27. The molecule has 0 unspecified atom stereocenters. The maximum Gasteiger partial charge on any atom is 0.266 e. The lowest BCUT2D eigenvalue weighted by Crippen LogP contribution is -2.33. The molecule has 0 saturated heterocycles. The number of carbonyl (C=O) groups excluding carboxylic acids is 1. The van der Waals surface area contributed by atoms with Gasteiger partial charge < -0.3 is 5.32 Å². The van der Waals surface area contributed by atoms with E-state index in [1.165, 1.54) is 11.8 Å². The summed E-state index contributed by atoms with van der Waals surface area (Å²) in [5, 5.41) is 3.81. The topological polar surface area (TPSA) is 64.0 Å². The van der Waals surface area contributed by atoms with E-state index in [1.807, 2.05) is 49.4 Å². The molecule has 1 N–H and O–H groups in total. The minimum absolute atomic E-state index is 0.00904. The number of nitrogens with zero attached hydrogens (tertiary/aromatic N) is 2. The van der Waals surface area contributed by atoms with Crippen molar-refractivity contribution >= 4 is 28.6 Å². The van der Waals surface area contributed by atoms with Crippen molar-refractivity contribution in [3.05, 3.63) is 64.4 Å². The van der Waals surface area contributed by atoms with Gasteiger partial charge in [0.15, 0.2) is 5.16 Å². The molecule has 1 heterocycles. The van der Waals surface area contributed by atoms with E-state index in [0.717, 1.165) is 30.5 Å².